The molecule has 0 aliphatic rings. The molecule has 30 heavy (non-hydrogen) atoms. The van der Waals surface area contributed by atoms with Crippen molar-refractivity contribution in [1.82, 2.24) is 35.1 Å². The molecule has 4 rings (SSSR count). The van der Waals surface area contributed by atoms with Crippen molar-refractivity contribution in [2.24, 2.45) is 0 Å². The summed E-state index contributed by atoms with van der Waals surface area (Å²) in [4.78, 5) is 34.4. The van der Waals surface area contributed by atoms with Crippen molar-refractivity contribution in [3.05, 3.63) is 75.6 Å². The van der Waals surface area contributed by atoms with Gasteiger partial charge in [0.2, 0.25) is 0 Å². The van der Waals surface area contributed by atoms with Crippen molar-refractivity contribution in [3.8, 4) is 5.69 Å². The van der Waals surface area contributed by atoms with Crippen LogP contribution in [-0.4, -0.2) is 47.5 Å². The van der Waals surface area contributed by atoms with E-state index in [4.69, 9.17) is 11.6 Å². The first-order valence-electron chi connectivity index (χ1n) is 9.36. The zero-order valence-corrected chi connectivity index (χ0v) is 16.9. The van der Waals surface area contributed by atoms with Crippen LogP contribution < -0.4 is 5.56 Å². The van der Waals surface area contributed by atoms with Crippen LogP contribution in [0.25, 0.3) is 16.6 Å². The Bertz CT molecular complexity index is 1240. The number of fused-ring (bicyclic) bond motifs is 1. The van der Waals surface area contributed by atoms with E-state index in [1.165, 1.54) is 11.0 Å². The summed E-state index contributed by atoms with van der Waals surface area (Å²) >= 11 is 6.03. The zero-order chi connectivity index (χ0) is 21.1. The number of hydrogen-bond donors (Lipinski definition) is 1. The van der Waals surface area contributed by atoms with Crippen molar-refractivity contribution in [1.29, 1.82) is 0 Å². The maximum atomic E-state index is 13.1. The maximum Gasteiger partial charge on any atom is 0.258 e. The smallest absolute Gasteiger partial charge is 0.258 e. The molecule has 4 aromatic rings. The molecule has 9 nitrogen and oxygen atoms in total. The highest BCUT2D eigenvalue weighted by molar-refractivity contribution is 6.31. The third-order valence-electron chi connectivity index (χ3n) is 4.57. The fourth-order valence-corrected chi connectivity index (χ4v) is 3.32. The summed E-state index contributed by atoms with van der Waals surface area (Å²) in [6.45, 7) is 2.68. The molecule has 1 amide bonds. The molecule has 0 fully saturated rings. The predicted molar refractivity (Wildman–Crippen MR) is 112 cm³/mol. The number of aromatic amines is 1. The Morgan fingerprint density at radius 3 is 2.70 bits per heavy atom. The van der Waals surface area contributed by atoms with Gasteiger partial charge in [0.15, 0.2) is 0 Å². The molecule has 2 aromatic heterocycles. The van der Waals surface area contributed by atoms with Crippen LogP contribution in [0, 0.1) is 0 Å². The topological polar surface area (TPSA) is 110 Å². The molecule has 0 unspecified atom stereocenters. The summed E-state index contributed by atoms with van der Waals surface area (Å²) in [7, 11) is 0. The van der Waals surface area contributed by atoms with Gasteiger partial charge in [0.1, 0.15) is 12.2 Å². The molecule has 0 bridgehead atoms. The molecule has 1 N–H and O–H groups in total. The second-order valence-corrected chi connectivity index (χ2v) is 7.14. The highest BCUT2D eigenvalue weighted by Gasteiger charge is 2.17. The summed E-state index contributed by atoms with van der Waals surface area (Å²) in [5, 5.41) is 12.0. The van der Waals surface area contributed by atoms with Crippen LogP contribution in [0.3, 0.4) is 0 Å². The molecule has 0 spiro atoms. The lowest BCUT2D eigenvalue weighted by molar-refractivity contribution is 0.0739. The van der Waals surface area contributed by atoms with Crippen LogP contribution in [-0.2, 0) is 6.54 Å². The Morgan fingerprint density at radius 1 is 1.20 bits per heavy atom. The number of rotatable bonds is 6. The van der Waals surface area contributed by atoms with Crippen molar-refractivity contribution in [3.63, 3.8) is 0 Å². The van der Waals surface area contributed by atoms with E-state index in [2.05, 4.69) is 25.5 Å². The first-order chi connectivity index (χ1) is 14.5. The number of nitrogens with zero attached hydrogens (tertiary/aromatic N) is 6. The minimum atomic E-state index is -0.263. The second kappa shape index (κ2) is 8.42. The molecule has 10 heteroatoms. The molecule has 2 aromatic carbocycles. The molecule has 0 aliphatic carbocycles. The SMILES string of the molecule is CCCN(Cc1nc2cc(Cl)ccc2c(=O)[nH]1)C(=O)c1ccc(-n2cnnn2)cc1. The molecular formula is C20H18ClN7O2. The lowest BCUT2D eigenvalue weighted by Crippen LogP contribution is -2.32. The number of carbonyl (C=O) groups is 1. The Kier molecular flexibility index (Phi) is 5.53. The third kappa shape index (κ3) is 4.06. The van der Waals surface area contributed by atoms with Gasteiger partial charge in [-0.25, -0.2) is 9.67 Å². The maximum absolute atomic E-state index is 13.1. The van der Waals surface area contributed by atoms with Gasteiger partial charge >= 0.3 is 0 Å². The molecule has 0 saturated heterocycles. The largest absolute Gasteiger partial charge is 0.331 e. The average molecular weight is 424 g/mol. The summed E-state index contributed by atoms with van der Waals surface area (Å²) < 4.78 is 1.51. The number of amides is 1. The van der Waals surface area contributed by atoms with Gasteiger partial charge in [0.05, 0.1) is 23.1 Å². The van der Waals surface area contributed by atoms with Crippen LogP contribution in [0.5, 0.6) is 0 Å². The molecule has 0 radical (unpaired) electrons. The van der Waals surface area contributed by atoms with Crippen molar-refractivity contribution in [2.45, 2.75) is 19.9 Å². The second-order valence-electron chi connectivity index (χ2n) is 6.70. The van der Waals surface area contributed by atoms with Gasteiger partial charge in [0.25, 0.3) is 11.5 Å². The standard InChI is InChI=1S/C20H18ClN7O2/c1-2-9-27(11-18-23-17-10-14(21)5-8-16(17)19(29)24-18)20(30)13-3-6-15(7-4-13)28-12-22-25-26-28/h3-8,10,12H,2,9,11H2,1H3,(H,23,24,29). The summed E-state index contributed by atoms with van der Waals surface area (Å²) in [5.41, 5.74) is 1.50. The van der Waals surface area contributed by atoms with Gasteiger partial charge in [-0.3, -0.25) is 9.59 Å². The first-order valence-corrected chi connectivity index (χ1v) is 9.74. The van der Waals surface area contributed by atoms with Crippen LogP contribution in [0.4, 0.5) is 0 Å². The quantitative estimate of drug-likeness (QED) is 0.510. The minimum absolute atomic E-state index is 0.158. The number of tetrazole rings is 1. The van der Waals surface area contributed by atoms with Gasteiger partial charge in [-0.2, -0.15) is 0 Å². The number of hydrogen-bond acceptors (Lipinski definition) is 6. The predicted octanol–water partition coefficient (Wildman–Crippen LogP) is 2.60. The van der Waals surface area contributed by atoms with Gasteiger partial charge in [0, 0.05) is 17.1 Å². The zero-order valence-electron chi connectivity index (χ0n) is 16.1. The van der Waals surface area contributed by atoms with Crippen molar-refractivity contribution < 1.29 is 4.79 Å². The van der Waals surface area contributed by atoms with Gasteiger partial charge in [-0.1, -0.05) is 18.5 Å². The van der Waals surface area contributed by atoms with E-state index in [9.17, 15) is 9.59 Å². The monoisotopic (exact) mass is 423 g/mol. The average Bonchev–Trinajstić information content (AvgIpc) is 3.28. The van der Waals surface area contributed by atoms with E-state index in [0.29, 0.717) is 33.9 Å². The summed E-state index contributed by atoms with van der Waals surface area (Å²) in [6.07, 6.45) is 2.24. The Labute approximate surface area is 176 Å². The van der Waals surface area contributed by atoms with E-state index < -0.39 is 0 Å². The lowest BCUT2D eigenvalue weighted by atomic mass is 10.1. The normalized spacial score (nSPS) is 11.0. The third-order valence-corrected chi connectivity index (χ3v) is 4.80. The molecule has 2 heterocycles. The number of nitrogens with one attached hydrogen (secondary N) is 1. The first kappa shape index (κ1) is 19.7. The fourth-order valence-electron chi connectivity index (χ4n) is 3.16. The van der Waals surface area contributed by atoms with Crippen LogP contribution >= 0.6 is 11.6 Å². The van der Waals surface area contributed by atoms with E-state index in [1.54, 1.807) is 47.4 Å². The number of carbonyl (C=O) groups excluding carboxylic acids is 1. The Hall–Kier alpha value is -3.59. The van der Waals surface area contributed by atoms with Crippen molar-refractivity contribution >= 4 is 28.4 Å². The molecule has 152 valence electrons. The highest BCUT2D eigenvalue weighted by Crippen LogP contribution is 2.16. The molecule has 0 aliphatic heterocycles. The van der Waals surface area contributed by atoms with E-state index in [1.807, 2.05) is 6.92 Å². The van der Waals surface area contributed by atoms with E-state index in [-0.39, 0.29) is 18.0 Å². The van der Waals surface area contributed by atoms with Crippen molar-refractivity contribution in [2.75, 3.05) is 6.54 Å². The number of halogens is 1. The van der Waals surface area contributed by atoms with E-state index in [0.717, 1.165) is 12.1 Å². The van der Waals surface area contributed by atoms with E-state index >= 15 is 0 Å². The van der Waals surface area contributed by atoms with Gasteiger partial charge in [-0.15, -0.1) is 5.10 Å². The molecule has 0 saturated carbocycles. The van der Waals surface area contributed by atoms with Crippen LogP contribution in [0.2, 0.25) is 5.02 Å². The molecular weight excluding hydrogens is 406 g/mol. The van der Waals surface area contributed by atoms with Crippen LogP contribution in [0.1, 0.15) is 29.5 Å². The summed E-state index contributed by atoms with van der Waals surface area (Å²) in [5.74, 6) is 0.246. The van der Waals surface area contributed by atoms with Crippen LogP contribution in [0.15, 0.2) is 53.6 Å². The molecule has 0 atom stereocenters. The Morgan fingerprint density at radius 2 is 2.00 bits per heavy atom. The summed E-state index contributed by atoms with van der Waals surface area (Å²) in [6, 6.07) is 11.9. The van der Waals surface area contributed by atoms with Gasteiger partial charge < -0.3 is 9.88 Å². The Balaban J connectivity index is 1.60. The lowest BCUT2D eigenvalue weighted by Gasteiger charge is -2.22. The fraction of sp³-hybridized carbons (Fsp3) is 0.200. The minimum Gasteiger partial charge on any atom is -0.331 e. The van der Waals surface area contributed by atoms with Gasteiger partial charge in [-0.05, 0) is 59.3 Å². The highest BCUT2D eigenvalue weighted by atomic mass is 35.5. The number of benzene rings is 2. The number of H-pyrrole nitrogens is 1. The number of aromatic nitrogens is 6.